The smallest absolute Gasteiger partial charge is 0.247 e. The minimum atomic E-state index is -1.36. The second-order valence-corrected chi connectivity index (χ2v) is 13.5. The SMILES string of the molecule is C[Si](C)O[Si](C)(C)Br. The second kappa shape index (κ2) is 3.15. The van der Waals surface area contributed by atoms with Crippen LogP contribution in [0.1, 0.15) is 0 Å². The average Bonchev–Trinajstić information content (AvgIpc) is 1.21. The molecule has 1 nitrogen and oxygen atoms in total. The van der Waals surface area contributed by atoms with E-state index in [1.165, 1.54) is 0 Å². The van der Waals surface area contributed by atoms with Crippen molar-refractivity contribution in [2.45, 2.75) is 26.2 Å². The monoisotopic (exact) mass is 211 g/mol. The van der Waals surface area contributed by atoms with Gasteiger partial charge in [-0.05, 0) is 26.2 Å². The van der Waals surface area contributed by atoms with Gasteiger partial charge in [0.05, 0.1) is 0 Å². The Bertz CT molecular complexity index is 68.9. The third-order valence-electron chi connectivity index (χ3n) is 0.447. The fourth-order valence-electron chi connectivity index (χ4n) is 0.485. The van der Waals surface area contributed by atoms with Gasteiger partial charge < -0.3 is 4.12 Å². The first-order valence-corrected chi connectivity index (χ1v) is 10.2. The van der Waals surface area contributed by atoms with Gasteiger partial charge in [0.25, 0.3) is 0 Å². The molecule has 4 heteroatoms. The number of hydrogen-bond donors (Lipinski definition) is 0. The minimum Gasteiger partial charge on any atom is -0.448 e. The van der Waals surface area contributed by atoms with Crippen LogP contribution in [0.15, 0.2) is 0 Å². The Morgan fingerprint density at radius 1 is 1.38 bits per heavy atom. The summed E-state index contributed by atoms with van der Waals surface area (Å²) in [7, 11) is -0.477. The van der Waals surface area contributed by atoms with Gasteiger partial charge in [-0.25, -0.2) is 0 Å². The highest BCUT2D eigenvalue weighted by molar-refractivity contribution is 9.25. The van der Waals surface area contributed by atoms with Gasteiger partial charge in [0.15, 0.2) is 9.04 Å². The molecule has 0 N–H and O–H groups in total. The van der Waals surface area contributed by atoms with Gasteiger partial charge in [0.2, 0.25) is 6.94 Å². The van der Waals surface area contributed by atoms with Crippen LogP contribution in [0, 0.1) is 0 Å². The third-order valence-corrected chi connectivity index (χ3v) is 5.48. The molecule has 0 aromatic rings. The van der Waals surface area contributed by atoms with Crippen molar-refractivity contribution in [1.29, 1.82) is 0 Å². The molecule has 49 valence electrons. The molecule has 0 bridgehead atoms. The molecule has 0 heterocycles. The van der Waals surface area contributed by atoms with Crippen molar-refractivity contribution in [1.82, 2.24) is 0 Å². The fourth-order valence-corrected chi connectivity index (χ4v) is 7.28. The van der Waals surface area contributed by atoms with Gasteiger partial charge in [0, 0.05) is 0 Å². The van der Waals surface area contributed by atoms with Crippen LogP contribution in [-0.2, 0) is 4.12 Å². The zero-order valence-electron chi connectivity index (χ0n) is 5.79. The average molecular weight is 212 g/mol. The molecule has 0 aromatic carbocycles. The molecule has 0 aliphatic heterocycles. The summed E-state index contributed by atoms with van der Waals surface area (Å²) < 4.78 is 5.59. The van der Waals surface area contributed by atoms with Gasteiger partial charge in [-0.1, -0.05) is 15.3 Å². The van der Waals surface area contributed by atoms with Gasteiger partial charge in [-0.3, -0.25) is 0 Å². The van der Waals surface area contributed by atoms with E-state index in [4.69, 9.17) is 4.12 Å². The molecule has 1 radical (unpaired) electrons. The molecule has 0 saturated heterocycles. The van der Waals surface area contributed by atoms with Crippen LogP contribution in [0.3, 0.4) is 0 Å². The lowest BCUT2D eigenvalue weighted by Gasteiger charge is -2.16. The summed E-state index contributed by atoms with van der Waals surface area (Å²) in [6.45, 7) is 7.23. The largest absolute Gasteiger partial charge is 0.448 e. The molecule has 0 aliphatic carbocycles. The summed E-state index contributed by atoms with van der Waals surface area (Å²) in [4.78, 5) is 0. The predicted octanol–water partition coefficient (Wildman–Crippen LogP) is 2.35. The summed E-state index contributed by atoms with van der Waals surface area (Å²) in [6, 6.07) is 0. The van der Waals surface area contributed by atoms with Gasteiger partial charge in [0.1, 0.15) is 0 Å². The Morgan fingerprint density at radius 2 is 1.75 bits per heavy atom. The van der Waals surface area contributed by atoms with Crippen LogP contribution in [0.25, 0.3) is 0 Å². The zero-order valence-corrected chi connectivity index (χ0v) is 9.37. The van der Waals surface area contributed by atoms with Crippen LogP contribution in [0.2, 0.25) is 26.2 Å². The topological polar surface area (TPSA) is 9.23 Å². The molecular weight excluding hydrogens is 200 g/mol. The van der Waals surface area contributed by atoms with Crippen LogP contribution in [0.5, 0.6) is 0 Å². The first kappa shape index (κ1) is 8.87. The molecule has 8 heavy (non-hydrogen) atoms. The van der Waals surface area contributed by atoms with E-state index in [9.17, 15) is 0 Å². The number of rotatable bonds is 2. The minimum absolute atomic E-state index is 0.477. The summed E-state index contributed by atoms with van der Waals surface area (Å²) in [5.41, 5.74) is 0. The Morgan fingerprint density at radius 3 is 1.75 bits per heavy atom. The first-order chi connectivity index (χ1) is 3.42. The van der Waals surface area contributed by atoms with Crippen LogP contribution >= 0.6 is 15.3 Å². The molecule has 0 saturated carbocycles. The summed E-state index contributed by atoms with van der Waals surface area (Å²) in [6.07, 6.45) is 0. The Labute approximate surface area is 61.9 Å². The van der Waals surface area contributed by atoms with E-state index >= 15 is 0 Å². The maximum atomic E-state index is 5.59. The van der Waals surface area contributed by atoms with Crippen molar-refractivity contribution in [2.75, 3.05) is 0 Å². The molecule has 0 spiro atoms. The lowest BCUT2D eigenvalue weighted by molar-refractivity contribution is 0.602. The van der Waals surface area contributed by atoms with Gasteiger partial charge in [-0.2, -0.15) is 0 Å². The van der Waals surface area contributed by atoms with E-state index in [0.717, 1.165) is 0 Å². The first-order valence-electron chi connectivity index (χ1n) is 2.60. The van der Waals surface area contributed by atoms with Crippen molar-refractivity contribution < 1.29 is 4.12 Å². The maximum absolute atomic E-state index is 5.59. The van der Waals surface area contributed by atoms with E-state index in [1.54, 1.807) is 0 Å². The molecular formula is C4H12BrOSi2. The quantitative estimate of drug-likeness (QED) is 0.504. The van der Waals surface area contributed by atoms with Crippen LogP contribution in [0.4, 0.5) is 0 Å². The highest BCUT2D eigenvalue weighted by Gasteiger charge is 2.18. The highest BCUT2D eigenvalue weighted by atomic mass is 79.9. The maximum Gasteiger partial charge on any atom is 0.247 e. The summed E-state index contributed by atoms with van der Waals surface area (Å²) in [5, 5.41) is 0. The van der Waals surface area contributed by atoms with Crippen molar-refractivity contribution >= 4 is 31.3 Å². The molecule has 0 aliphatic rings. The van der Waals surface area contributed by atoms with Gasteiger partial charge >= 0.3 is 0 Å². The standard InChI is InChI=1S/C4H12BrOSi2/c1-7(2)6-8(3,4)5/h1-4H3. The number of hydrogen-bond acceptors (Lipinski definition) is 1. The van der Waals surface area contributed by atoms with Crippen molar-refractivity contribution in [3.05, 3.63) is 0 Å². The molecule has 0 amide bonds. The van der Waals surface area contributed by atoms with E-state index in [0.29, 0.717) is 0 Å². The van der Waals surface area contributed by atoms with Crippen LogP contribution in [-0.4, -0.2) is 16.0 Å². The van der Waals surface area contributed by atoms with Crippen molar-refractivity contribution in [3.63, 3.8) is 0 Å². The molecule has 0 atom stereocenters. The Balaban J connectivity index is 3.39. The van der Waals surface area contributed by atoms with Crippen molar-refractivity contribution in [2.24, 2.45) is 0 Å². The van der Waals surface area contributed by atoms with Crippen LogP contribution < -0.4 is 0 Å². The van der Waals surface area contributed by atoms with Gasteiger partial charge in [-0.15, -0.1) is 0 Å². The zero-order chi connectivity index (χ0) is 6.78. The number of halogens is 1. The van der Waals surface area contributed by atoms with E-state index in [-0.39, 0.29) is 0 Å². The third kappa shape index (κ3) is 6.87. The summed E-state index contributed by atoms with van der Waals surface area (Å²) in [5.74, 6) is 0. The normalized spacial score (nSPS) is 12.8. The fraction of sp³-hybridized carbons (Fsp3) is 1.00. The molecule has 0 fully saturated rings. The Kier molecular flexibility index (Phi) is 3.49. The molecule has 0 unspecified atom stereocenters. The Hall–Kier alpha value is 0.874. The molecule has 0 aromatic heterocycles. The van der Waals surface area contributed by atoms with E-state index < -0.39 is 16.0 Å². The van der Waals surface area contributed by atoms with Crippen molar-refractivity contribution in [3.8, 4) is 0 Å². The lowest BCUT2D eigenvalue weighted by Crippen LogP contribution is -2.28. The highest BCUT2D eigenvalue weighted by Crippen LogP contribution is 2.12. The van der Waals surface area contributed by atoms with E-state index in [1.807, 2.05) is 0 Å². The predicted molar refractivity (Wildman–Crippen MR) is 45.0 cm³/mol. The molecule has 0 rings (SSSR count). The summed E-state index contributed by atoms with van der Waals surface area (Å²) >= 11 is 3.52. The second-order valence-electron chi connectivity index (χ2n) is 2.37. The lowest BCUT2D eigenvalue weighted by atomic mass is 11.9. The van der Waals surface area contributed by atoms with E-state index in [2.05, 4.69) is 41.5 Å².